The van der Waals surface area contributed by atoms with Gasteiger partial charge in [-0.2, -0.15) is 0 Å². The molecule has 0 bridgehead atoms. The Balaban J connectivity index is 1.47. The largest absolute Gasteiger partial charge is 0.378 e. The number of rotatable bonds is 7. The van der Waals surface area contributed by atoms with Crippen LogP contribution in [0.1, 0.15) is 51.5 Å². The van der Waals surface area contributed by atoms with Crippen LogP contribution >= 0.6 is 0 Å². The van der Waals surface area contributed by atoms with Crippen LogP contribution in [0.25, 0.3) is 0 Å². The van der Waals surface area contributed by atoms with Gasteiger partial charge >= 0.3 is 0 Å². The quantitative estimate of drug-likeness (QED) is 0.797. The molecule has 2 fully saturated rings. The van der Waals surface area contributed by atoms with Gasteiger partial charge in [-0.3, -0.25) is 9.69 Å². The number of ether oxygens (including phenoxy) is 2. The molecule has 0 spiro atoms. The molecule has 0 aromatic carbocycles. The lowest BCUT2D eigenvalue weighted by atomic mass is 9.84. The molecule has 146 valence electrons. The summed E-state index contributed by atoms with van der Waals surface area (Å²) in [5.41, 5.74) is 0.472. The van der Waals surface area contributed by atoms with Crippen LogP contribution in [0.4, 0.5) is 0 Å². The summed E-state index contributed by atoms with van der Waals surface area (Å²) < 4.78 is 16.5. The van der Waals surface area contributed by atoms with Gasteiger partial charge in [0.1, 0.15) is 18.3 Å². The van der Waals surface area contributed by atoms with Crippen LogP contribution in [-0.4, -0.2) is 53.9 Å². The second kappa shape index (κ2) is 8.50. The summed E-state index contributed by atoms with van der Waals surface area (Å²) in [4.78, 5) is 14.9. The molecule has 1 N–H and O–H groups in total. The van der Waals surface area contributed by atoms with E-state index in [-0.39, 0.29) is 17.6 Å². The maximum absolute atomic E-state index is 12.6. The number of hydrogen-bond donors (Lipinski definition) is 1. The Kier molecular flexibility index (Phi) is 6.32. The van der Waals surface area contributed by atoms with E-state index in [1.165, 1.54) is 19.3 Å². The average Bonchev–Trinajstić information content (AvgIpc) is 3.02. The number of carbonyl (C=O) groups is 1. The first-order chi connectivity index (χ1) is 12.4. The molecule has 2 heterocycles. The van der Waals surface area contributed by atoms with Gasteiger partial charge in [0.15, 0.2) is 5.76 Å². The second-order valence-corrected chi connectivity index (χ2v) is 8.29. The monoisotopic (exact) mass is 365 g/mol. The molecule has 1 aliphatic carbocycles. The third kappa shape index (κ3) is 5.53. The minimum atomic E-state index is -0.230. The van der Waals surface area contributed by atoms with E-state index in [1.54, 1.807) is 0 Å². The minimum absolute atomic E-state index is 0.000449. The fourth-order valence-corrected chi connectivity index (χ4v) is 3.20. The topological polar surface area (TPSA) is 76.8 Å². The van der Waals surface area contributed by atoms with Crippen molar-refractivity contribution in [1.82, 2.24) is 15.4 Å². The van der Waals surface area contributed by atoms with Crippen LogP contribution in [0.3, 0.4) is 0 Å². The lowest BCUT2D eigenvalue weighted by Crippen LogP contribution is -2.55. The van der Waals surface area contributed by atoms with Gasteiger partial charge in [0, 0.05) is 19.2 Å². The van der Waals surface area contributed by atoms with Gasteiger partial charge in [-0.1, -0.05) is 11.6 Å². The lowest BCUT2D eigenvalue weighted by Gasteiger charge is -2.39. The molecular formula is C19H31N3O4. The average molecular weight is 365 g/mol. The Hall–Kier alpha value is -1.44. The van der Waals surface area contributed by atoms with Gasteiger partial charge in [0.25, 0.3) is 0 Å². The van der Waals surface area contributed by atoms with Crippen LogP contribution in [0.5, 0.6) is 0 Å². The molecule has 7 nitrogen and oxygen atoms in total. The van der Waals surface area contributed by atoms with Gasteiger partial charge in [0.05, 0.1) is 25.4 Å². The van der Waals surface area contributed by atoms with Crippen molar-refractivity contribution < 1.29 is 18.8 Å². The molecule has 1 aliphatic heterocycles. The number of nitrogens with one attached hydrogen (secondary N) is 1. The van der Waals surface area contributed by atoms with E-state index >= 15 is 0 Å². The second-order valence-electron chi connectivity index (χ2n) is 8.29. The van der Waals surface area contributed by atoms with Crippen LogP contribution in [-0.2, 0) is 27.4 Å². The van der Waals surface area contributed by atoms with E-state index in [4.69, 9.17) is 14.0 Å². The summed E-state index contributed by atoms with van der Waals surface area (Å²) in [6, 6.07) is 1.62. The highest BCUT2D eigenvalue weighted by Gasteiger charge is 2.32. The molecule has 0 radical (unpaired) electrons. The van der Waals surface area contributed by atoms with Crippen molar-refractivity contribution >= 4 is 5.91 Å². The molecule has 1 unspecified atom stereocenters. The molecule has 26 heavy (non-hydrogen) atoms. The normalized spacial score (nSPS) is 22.2. The summed E-state index contributed by atoms with van der Waals surface area (Å²) in [7, 11) is 0. The van der Waals surface area contributed by atoms with Gasteiger partial charge in [-0.05, 0) is 39.5 Å². The van der Waals surface area contributed by atoms with E-state index in [1.807, 2.05) is 26.8 Å². The zero-order valence-corrected chi connectivity index (χ0v) is 16.1. The van der Waals surface area contributed by atoms with Crippen molar-refractivity contribution in [3.63, 3.8) is 0 Å². The number of carbonyl (C=O) groups excluding carboxylic acids is 1. The summed E-state index contributed by atoms with van der Waals surface area (Å²) in [5.74, 6) is 1.40. The Morgan fingerprint density at radius 3 is 2.92 bits per heavy atom. The van der Waals surface area contributed by atoms with Gasteiger partial charge in [0.2, 0.25) is 5.91 Å². The van der Waals surface area contributed by atoms with Crippen LogP contribution in [0.2, 0.25) is 0 Å². The first-order valence-electron chi connectivity index (χ1n) is 9.58. The molecule has 1 aromatic rings. The zero-order chi connectivity index (χ0) is 18.6. The number of nitrogens with zero attached hydrogens (tertiary/aromatic N) is 2. The molecule has 1 atom stereocenters. The third-order valence-corrected chi connectivity index (χ3v) is 4.96. The highest BCUT2D eigenvalue weighted by atomic mass is 16.5. The highest BCUT2D eigenvalue weighted by molar-refractivity contribution is 5.82. The summed E-state index contributed by atoms with van der Waals surface area (Å²) in [6.07, 6.45) is 3.88. The first kappa shape index (κ1) is 19.3. The van der Waals surface area contributed by atoms with Crippen LogP contribution < -0.4 is 5.32 Å². The molecule has 1 amide bonds. The molecular weight excluding hydrogens is 334 g/mol. The van der Waals surface area contributed by atoms with E-state index in [9.17, 15) is 4.79 Å². The molecule has 7 heteroatoms. The van der Waals surface area contributed by atoms with Crippen molar-refractivity contribution in [2.45, 2.75) is 64.8 Å². The molecule has 2 aliphatic rings. The van der Waals surface area contributed by atoms with E-state index in [0.29, 0.717) is 37.8 Å². The number of amides is 1. The van der Waals surface area contributed by atoms with Crippen LogP contribution in [0.15, 0.2) is 10.6 Å². The van der Waals surface area contributed by atoms with E-state index in [0.717, 1.165) is 19.0 Å². The summed E-state index contributed by atoms with van der Waals surface area (Å²) >= 11 is 0. The molecule has 1 aromatic heterocycles. The summed E-state index contributed by atoms with van der Waals surface area (Å²) in [5, 5.41) is 6.98. The van der Waals surface area contributed by atoms with E-state index in [2.05, 4.69) is 15.4 Å². The SMILES string of the molecule is CC(C)(C)OCc1cc(CNC(=O)C2COCCN2CC2CCC2)no1. The highest BCUT2D eigenvalue weighted by Crippen LogP contribution is 2.28. The Labute approximate surface area is 155 Å². The fraction of sp³-hybridized carbons (Fsp3) is 0.789. The minimum Gasteiger partial charge on any atom is -0.378 e. The third-order valence-electron chi connectivity index (χ3n) is 4.96. The fourth-order valence-electron chi connectivity index (χ4n) is 3.20. The van der Waals surface area contributed by atoms with Crippen LogP contribution in [0, 0.1) is 5.92 Å². The summed E-state index contributed by atoms with van der Waals surface area (Å²) in [6.45, 7) is 9.69. The van der Waals surface area contributed by atoms with Crippen molar-refractivity contribution in [1.29, 1.82) is 0 Å². The van der Waals surface area contributed by atoms with Crippen molar-refractivity contribution in [3.8, 4) is 0 Å². The number of hydrogen-bond acceptors (Lipinski definition) is 6. The molecule has 1 saturated heterocycles. The number of morpholine rings is 1. The van der Waals surface area contributed by atoms with Crippen molar-refractivity contribution in [3.05, 3.63) is 17.5 Å². The van der Waals surface area contributed by atoms with Gasteiger partial charge < -0.3 is 19.3 Å². The maximum Gasteiger partial charge on any atom is 0.240 e. The lowest BCUT2D eigenvalue weighted by molar-refractivity contribution is -0.133. The standard InChI is InChI=1S/C19H31N3O4/c1-19(2,3)25-12-16-9-15(21-26-16)10-20-18(23)17-13-24-8-7-22(17)11-14-5-4-6-14/h9,14,17H,4-8,10-13H2,1-3H3,(H,20,23). The Bertz CT molecular complexity index is 592. The van der Waals surface area contributed by atoms with E-state index < -0.39 is 0 Å². The first-order valence-corrected chi connectivity index (χ1v) is 9.58. The van der Waals surface area contributed by atoms with Gasteiger partial charge in [-0.15, -0.1) is 0 Å². The predicted octanol–water partition coefficient (Wildman–Crippen LogP) is 2.11. The molecule has 3 rings (SSSR count). The maximum atomic E-state index is 12.6. The van der Waals surface area contributed by atoms with Gasteiger partial charge in [-0.25, -0.2) is 0 Å². The zero-order valence-electron chi connectivity index (χ0n) is 16.1. The Morgan fingerprint density at radius 1 is 1.42 bits per heavy atom. The molecule has 1 saturated carbocycles. The predicted molar refractivity (Wildman–Crippen MR) is 96.4 cm³/mol. The Morgan fingerprint density at radius 2 is 2.23 bits per heavy atom. The number of aromatic nitrogens is 1. The van der Waals surface area contributed by atoms with Crippen molar-refractivity contribution in [2.75, 3.05) is 26.3 Å². The smallest absolute Gasteiger partial charge is 0.240 e. The van der Waals surface area contributed by atoms with Crippen molar-refractivity contribution in [2.24, 2.45) is 5.92 Å².